The third kappa shape index (κ3) is 2.15. The lowest BCUT2D eigenvalue weighted by molar-refractivity contribution is -0.139. The van der Waals surface area contributed by atoms with Gasteiger partial charge in [0.2, 0.25) is 0 Å². The van der Waals surface area contributed by atoms with Gasteiger partial charge in [-0.15, -0.1) is 0 Å². The SMILES string of the molecule is COSc1ccc2c(c1)C(C(=O)O)CCO2. The standard InChI is InChI=1S/C11H12O4S/c1-14-16-7-2-3-10-9(6-7)8(11(12)13)4-5-15-10/h2-3,6,8H,4-5H2,1H3,(H,12,13). The molecule has 1 aromatic rings. The summed E-state index contributed by atoms with van der Waals surface area (Å²) in [6, 6.07) is 5.48. The monoisotopic (exact) mass is 240 g/mol. The van der Waals surface area contributed by atoms with E-state index in [1.165, 1.54) is 12.0 Å². The van der Waals surface area contributed by atoms with Crippen LogP contribution in [-0.2, 0) is 8.98 Å². The van der Waals surface area contributed by atoms with Crippen molar-refractivity contribution in [3.05, 3.63) is 23.8 Å². The van der Waals surface area contributed by atoms with Crippen LogP contribution < -0.4 is 4.74 Å². The molecule has 0 radical (unpaired) electrons. The van der Waals surface area contributed by atoms with Gasteiger partial charge in [0.15, 0.2) is 0 Å². The zero-order chi connectivity index (χ0) is 11.5. The summed E-state index contributed by atoms with van der Waals surface area (Å²) >= 11 is 1.21. The molecule has 0 fully saturated rings. The van der Waals surface area contributed by atoms with Gasteiger partial charge < -0.3 is 14.0 Å². The largest absolute Gasteiger partial charge is 0.493 e. The Kier molecular flexibility index (Phi) is 3.36. The predicted octanol–water partition coefficient (Wildman–Crippen LogP) is 2.29. The lowest BCUT2D eigenvalue weighted by atomic mass is 9.93. The lowest BCUT2D eigenvalue weighted by Gasteiger charge is -2.23. The third-order valence-electron chi connectivity index (χ3n) is 2.50. The molecule has 5 heteroatoms. The number of hydrogen-bond donors (Lipinski definition) is 1. The lowest BCUT2D eigenvalue weighted by Crippen LogP contribution is -2.20. The van der Waals surface area contributed by atoms with Crippen LogP contribution in [0.1, 0.15) is 17.9 Å². The first-order chi connectivity index (χ1) is 7.72. The minimum Gasteiger partial charge on any atom is -0.493 e. The molecule has 1 unspecified atom stereocenters. The molecule has 1 aliphatic rings. The zero-order valence-electron chi connectivity index (χ0n) is 8.80. The zero-order valence-corrected chi connectivity index (χ0v) is 9.62. The number of carbonyl (C=O) groups is 1. The number of rotatable bonds is 3. The maximum atomic E-state index is 11.1. The van der Waals surface area contributed by atoms with Crippen LogP contribution in [0.15, 0.2) is 23.1 Å². The van der Waals surface area contributed by atoms with Crippen LogP contribution in [0.5, 0.6) is 5.75 Å². The van der Waals surface area contributed by atoms with Gasteiger partial charge in [-0.2, -0.15) is 0 Å². The molecule has 0 bridgehead atoms. The number of hydrogen-bond acceptors (Lipinski definition) is 4. The molecule has 86 valence electrons. The van der Waals surface area contributed by atoms with E-state index in [1.54, 1.807) is 13.2 Å². The summed E-state index contributed by atoms with van der Waals surface area (Å²) in [6.07, 6.45) is 0.517. The van der Waals surface area contributed by atoms with Gasteiger partial charge >= 0.3 is 5.97 Å². The van der Waals surface area contributed by atoms with Crippen molar-refractivity contribution >= 4 is 18.0 Å². The first kappa shape index (κ1) is 11.3. The predicted molar refractivity (Wildman–Crippen MR) is 59.8 cm³/mol. The van der Waals surface area contributed by atoms with Crippen molar-refractivity contribution in [3.8, 4) is 5.75 Å². The number of benzene rings is 1. The fourth-order valence-electron chi connectivity index (χ4n) is 1.78. The van der Waals surface area contributed by atoms with E-state index >= 15 is 0 Å². The molecular weight excluding hydrogens is 228 g/mol. The fraction of sp³-hybridized carbons (Fsp3) is 0.364. The van der Waals surface area contributed by atoms with E-state index in [0.29, 0.717) is 18.8 Å². The van der Waals surface area contributed by atoms with Crippen LogP contribution in [0, 0.1) is 0 Å². The second-order valence-corrected chi connectivity index (χ2v) is 4.45. The van der Waals surface area contributed by atoms with Gasteiger partial charge in [-0.05, 0) is 24.6 Å². The Morgan fingerprint density at radius 2 is 2.44 bits per heavy atom. The normalized spacial score (nSPS) is 18.7. The number of carboxylic acid groups (broad SMARTS) is 1. The maximum absolute atomic E-state index is 11.1. The molecule has 1 aliphatic heterocycles. The number of ether oxygens (including phenoxy) is 1. The first-order valence-electron chi connectivity index (χ1n) is 4.92. The van der Waals surface area contributed by atoms with Crippen LogP contribution in [0.3, 0.4) is 0 Å². The summed E-state index contributed by atoms with van der Waals surface area (Å²) in [5.74, 6) is -0.607. The van der Waals surface area contributed by atoms with E-state index in [2.05, 4.69) is 0 Å². The van der Waals surface area contributed by atoms with Crippen molar-refractivity contribution in [1.29, 1.82) is 0 Å². The quantitative estimate of drug-likeness (QED) is 0.821. The highest BCUT2D eigenvalue weighted by Crippen LogP contribution is 2.36. The van der Waals surface area contributed by atoms with Crippen molar-refractivity contribution in [2.75, 3.05) is 13.7 Å². The maximum Gasteiger partial charge on any atom is 0.311 e. The Morgan fingerprint density at radius 1 is 1.62 bits per heavy atom. The van der Waals surface area contributed by atoms with Crippen LogP contribution >= 0.6 is 12.0 Å². The summed E-state index contributed by atoms with van der Waals surface area (Å²) in [6.45, 7) is 0.459. The third-order valence-corrected chi connectivity index (χ3v) is 3.11. The summed E-state index contributed by atoms with van der Waals surface area (Å²) in [4.78, 5) is 12.0. The Bertz CT molecular complexity index is 405. The molecule has 1 N–H and O–H groups in total. The molecule has 0 spiro atoms. The van der Waals surface area contributed by atoms with Crippen molar-refractivity contribution in [3.63, 3.8) is 0 Å². The second-order valence-electron chi connectivity index (χ2n) is 3.48. The Hall–Kier alpha value is -1.20. The molecule has 4 nitrogen and oxygen atoms in total. The average molecular weight is 240 g/mol. The first-order valence-corrected chi connectivity index (χ1v) is 5.66. The van der Waals surface area contributed by atoms with Crippen LogP contribution in [0.25, 0.3) is 0 Å². The molecule has 1 atom stereocenters. The van der Waals surface area contributed by atoms with Crippen LogP contribution in [-0.4, -0.2) is 24.8 Å². The minimum atomic E-state index is -0.802. The van der Waals surface area contributed by atoms with Gasteiger partial charge in [0, 0.05) is 22.5 Å². The number of aliphatic carboxylic acids is 1. The van der Waals surface area contributed by atoms with Crippen LogP contribution in [0.4, 0.5) is 0 Å². The van der Waals surface area contributed by atoms with Gasteiger partial charge in [0.25, 0.3) is 0 Å². The molecule has 16 heavy (non-hydrogen) atoms. The highest BCUT2D eigenvalue weighted by Gasteiger charge is 2.27. The van der Waals surface area contributed by atoms with Gasteiger partial charge in [0.1, 0.15) is 5.75 Å². The molecule has 1 heterocycles. The highest BCUT2D eigenvalue weighted by molar-refractivity contribution is 7.94. The Balaban J connectivity index is 2.36. The van der Waals surface area contributed by atoms with Gasteiger partial charge in [-0.1, -0.05) is 0 Å². The van der Waals surface area contributed by atoms with E-state index in [9.17, 15) is 4.79 Å². The number of fused-ring (bicyclic) bond motifs is 1. The Labute approximate surface area is 97.8 Å². The minimum absolute atomic E-state index is 0.459. The molecule has 0 amide bonds. The molecule has 0 saturated heterocycles. The van der Waals surface area contributed by atoms with Gasteiger partial charge in [-0.25, -0.2) is 0 Å². The Morgan fingerprint density at radius 3 is 3.12 bits per heavy atom. The molecule has 0 saturated carbocycles. The van der Waals surface area contributed by atoms with Crippen LogP contribution in [0.2, 0.25) is 0 Å². The molecule has 2 rings (SSSR count). The van der Waals surface area contributed by atoms with E-state index in [-0.39, 0.29) is 0 Å². The fourth-order valence-corrected chi connectivity index (χ4v) is 2.27. The summed E-state index contributed by atoms with van der Waals surface area (Å²) in [5, 5.41) is 9.11. The summed E-state index contributed by atoms with van der Waals surface area (Å²) in [5.41, 5.74) is 0.737. The molecule has 0 aromatic heterocycles. The summed E-state index contributed by atoms with van der Waals surface area (Å²) < 4.78 is 10.4. The van der Waals surface area contributed by atoms with Crippen molar-refractivity contribution in [2.45, 2.75) is 17.2 Å². The van der Waals surface area contributed by atoms with E-state index < -0.39 is 11.9 Å². The smallest absolute Gasteiger partial charge is 0.311 e. The van der Waals surface area contributed by atoms with Crippen molar-refractivity contribution < 1.29 is 18.8 Å². The number of carboxylic acids is 1. The van der Waals surface area contributed by atoms with Gasteiger partial charge in [-0.3, -0.25) is 4.79 Å². The second kappa shape index (κ2) is 4.76. The van der Waals surface area contributed by atoms with E-state index in [4.69, 9.17) is 14.0 Å². The summed E-state index contributed by atoms with van der Waals surface area (Å²) in [7, 11) is 1.58. The topological polar surface area (TPSA) is 55.8 Å². The molecule has 0 aliphatic carbocycles. The highest BCUT2D eigenvalue weighted by atomic mass is 32.2. The van der Waals surface area contributed by atoms with Crippen molar-refractivity contribution in [2.24, 2.45) is 0 Å². The van der Waals surface area contributed by atoms with Gasteiger partial charge in [0.05, 0.1) is 19.6 Å². The molecule has 1 aromatic carbocycles. The van der Waals surface area contributed by atoms with Crippen molar-refractivity contribution in [1.82, 2.24) is 0 Å². The average Bonchev–Trinajstić information content (AvgIpc) is 2.28. The molecular formula is C11H12O4S. The van der Waals surface area contributed by atoms with E-state index in [0.717, 1.165) is 10.5 Å². The van der Waals surface area contributed by atoms with E-state index in [1.807, 2.05) is 12.1 Å².